The first-order valence-corrected chi connectivity index (χ1v) is 2.51. The lowest BCUT2D eigenvalue weighted by molar-refractivity contribution is 0.102. The maximum Gasteiger partial charge on any atom is 0.110 e. The van der Waals surface area contributed by atoms with E-state index < -0.39 is 0 Å². The molecule has 0 saturated carbocycles. The van der Waals surface area contributed by atoms with Crippen molar-refractivity contribution in [2.24, 2.45) is 0 Å². The molecular weight excluding hydrogens is 104 g/mol. The quantitative estimate of drug-likeness (QED) is 0.302. The number of hydrogen-bond acceptors (Lipinski definition) is 2. The van der Waals surface area contributed by atoms with Crippen LogP contribution in [-0.4, -0.2) is 19.8 Å². The molecule has 0 bridgehead atoms. The highest BCUT2D eigenvalue weighted by Gasteiger charge is 1.77. The molecule has 0 unspecified atom stereocenters. The van der Waals surface area contributed by atoms with Crippen LogP contribution in [0.15, 0.2) is 12.8 Å². The zero-order valence-corrected chi connectivity index (χ0v) is 4.93. The Hall–Kier alpha value is -0.500. The fourth-order valence-electron chi connectivity index (χ4n) is 0.292. The van der Waals surface area contributed by atoms with Crippen molar-refractivity contribution >= 4 is 0 Å². The van der Waals surface area contributed by atoms with Crippen LogP contribution >= 0.6 is 0 Å². The van der Waals surface area contributed by atoms with Gasteiger partial charge in [-0.05, 0) is 0 Å². The Morgan fingerprint density at radius 1 is 1.50 bits per heavy atom. The van der Waals surface area contributed by atoms with Gasteiger partial charge in [0, 0.05) is 0 Å². The van der Waals surface area contributed by atoms with Crippen molar-refractivity contribution in [1.29, 1.82) is 0 Å². The van der Waals surface area contributed by atoms with E-state index in [4.69, 9.17) is 9.47 Å². The molecule has 48 valence electrons. The van der Waals surface area contributed by atoms with Crippen LogP contribution in [0.1, 0.15) is 0 Å². The second-order valence-electron chi connectivity index (χ2n) is 1.15. The van der Waals surface area contributed by atoms with Gasteiger partial charge in [-0.25, -0.2) is 0 Å². The third kappa shape index (κ3) is 5.50. The van der Waals surface area contributed by atoms with E-state index in [9.17, 15) is 0 Å². The predicted molar refractivity (Wildman–Crippen MR) is 32.3 cm³/mol. The highest BCUT2D eigenvalue weighted by molar-refractivity contribution is 4.47. The SMILES string of the molecule is C=COCCOC[CH2-]. The van der Waals surface area contributed by atoms with Crippen LogP contribution in [0, 0.1) is 6.92 Å². The fraction of sp³-hybridized carbons (Fsp3) is 0.500. The van der Waals surface area contributed by atoms with E-state index in [1.54, 1.807) is 0 Å². The summed E-state index contributed by atoms with van der Waals surface area (Å²) in [6.07, 6.45) is 1.40. The van der Waals surface area contributed by atoms with E-state index >= 15 is 0 Å². The average molecular weight is 115 g/mol. The minimum atomic E-state index is 0.500. The smallest absolute Gasteiger partial charge is 0.110 e. The van der Waals surface area contributed by atoms with Crippen LogP contribution in [-0.2, 0) is 9.47 Å². The summed E-state index contributed by atoms with van der Waals surface area (Å²) >= 11 is 0. The fourth-order valence-corrected chi connectivity index (χ4v) is 0.292. The van der Waals surface area contributed by atoms with Crippen LogP contribution in [0.3, 0.4) is 0 Å². The van der Waals surface area contributed by atoms with Gasteiger partial charge in [-0.1, -0.05) is 13.2 Å². The molecule has 0 spiro atoms. The standard InChI is InChI=1S/C6H11O2/c1-3-7-5-6-8-4-2/h3H,1-2,4-6H2/q-1. The van der Waals surface area contributed by atoms with Gasteiger partial charge in [0.05, 0.1) is 12.9 Å². The van der Waals surface area contributed by atoms with Gasteiger partial charge in [0.1, 0.15) is 6.61 Å². The molecule has 0 atom stereocenters. The molecule has 0 aromatic rings. The molecule has 0 aromatic carbocycles. The summed E-state index contributed by atoms with van der Waals surface area (Å²) in [4.78, 5) is 0. The van der Waals surface area contributed by atoms with Crippen molar-refractivity contribution in [3.8, 4) is 0 Å². The zero-order chi connectivity index (χ0) is 6.24. The van der Waals surface area contributed by atoms with Crippen molar-refractivity contribution in [2.75, 3.05) is 19.8 Å². The summed E-state index contributed by atoms with van der Waals surface area (Å²) in [6.45, 7) is 8.51. The van der Waals surface area contributed by atoms with Gasteiger partial charge in [0.15, 0.2) is 0 Å². The molecule has 2 nitrogen and oxygen atoms in total. The highest BCUT2D eigenvalue weighted by atomic mass is 16.5. The van der Waals surface area contributed by atoms with Crippen LogP contribution in [0.2, 0.25) is 0 Å². The lowest BCUT2D eigenvalue weighted by Gasteiger charge is -2.01. The summed E-state index contributed by atoms with van der Waals surface area (Å²) in [5.74, 6) is 0. The van der Waals surface area contributed by atoms with E-state index in [-0.39, 0.29) is 0 Å². The number of hydrogen-bond donors (Lipinski definition) is 0. The molecule has 2 heteroatoms. The summed E-state index contributed by atoms with van der Waals surface area (Å²) in [7, 11) is 0. The first-order chi connectivity index (χ1) is 3.91. The molecule has 8 heavy (non-hydrogen) atoms. The molecular formula is C6H11O2-. The van der Waals surface area contributed by atoms with Crippen LogP contribution < -0.4 is 0 Å². The van der Waals surface area contributed by atoms with Crippen molar-refractivity contribution in [2.45, 2.75) is 0 Å². The Morgan fingerprint density at radius 3 is 2.75 bits per heavy atom. The van der Waals surface area contributed by atoms with Gasteiger partial charge >= 0.3 is 0 Å². The molecule has 0 aliphatic carbocycles. The molecule has 0 fully saturated rings. The van der Waals surface area contributed by atoms with Gasteiger partial charge in [-0.3, -0.25) is 0 Å². The van der Waals surface area contributed by atoms with Crippen molar-refractivity contribution in [3.63, 3.8) is 0 Å². The second kappa shape index (κ2) is 6.50. The molecule has 0 N–H and O–H groups in total. The third-order valence-corrected chi connectivity index (χ3v) is 0.608. The zero-order valence-electron chi connectivity index (χ0n) is 4.93. The van der Waals surface area contributed by atoms with Crippen LogP contribution in [0.25, 0.3) is 0 Å². The first kappa shape index (κ1) is 7.50. The Balaban J connectivity index is 2.62. The van der Waals surface area contributed by atoms with E-state index in [1.807, 2.05) is 0 Å². The summed E-state index contributed by atoms with van der Waals surface area (Å²) in [5, 5.41) is 0. The number of ether oxygens (including phenoxy) is 2. The molecule has 0 heterocycles. The maximum atomic E-state index is 4.85. The topological polar surface area (TPSA) is 18.5 Å². The monoisotopic (exact) mass is 115 g/mol. The highest BCUT2D eigenvalue weighted by Crippen LogP contribution is 1.75. The van der Waals surface area contributed by atoms with E-state index in [0.29, 0.717) is 19.8 Å². The third-order valence-electron chi connectivity index (χ3n) is 0.608. The molecule has 0 amide bonds. The van der Waals surface area contributed by atoms with Gasteiger partial charge in [-0.2, -0.15) is 0 Å². The van der Waals surface area contributed by atoms with Gasteiger partial charge in [0.25, 0.3) is 0 Å². The summed E-state index contributed by atoms with van der Waals surface area (Å²) in [6, 6.07) is 0. The minimum Gasteiger partial charge on any atom is -0.499 e. The normalized spacial score (nSPS) is 8.62. The molecule has 0 aromatic heterocycles. The Bertz CT molecular complexity index is 52.5. The molecule has 0 aliphatic heterocycles. The molecule has 0 rings (SSSR count). The molecule has 0 radical (unpaired) electrons. The first-order valence-electron chi connectivity index (χ1n) is 2.51. The lowest BCUT2D eigenvalue weighted by Crippen LogP contribution is -1.99. The van der Waals surface area contributed by atoms with Gasteiger partial charge in [0.2, 0.25) is 0 Å². The largest absolute Gasteiger partial charge is 0.499 e. The second-order valence-corrected chi connectivity index (χ2v) is 1.15. The molecule has 0 saturated heterocycles. The number of rotatable bonds is 5. The van der Waals surface area contributed by atoms with E-state index in [1.165, 1.54) is 6.26 Å². The Morgan fingerprint density at radius 2 is 2.25 bits per heavy atom. The lowest BCUT2D eigenvalue weighted by atomic mass is 10.7. The summed E-state index contributed by atoms with van der Waals surface area (Å²) < 4.78 is 9.60. The van der Waals surface area contributed by atoms with Crippen LogP contribution in [0.5, 0.6) is 0 Å². The van der Waals surface area contributed by atoms with Crippen molar-refractivity contribution < 1.29 is 9.47 Å². The predicted octanol–water partition coefficient (Wildman–Crippen LogP) is 0.997. The van der Waals surface area contributed by atoms with E-state index in [0.717, 1.165) is 0 Å². The minimum absolute atomic E-state index is 0.500. The molecule has 0 aliphatic rings. The average Bonchev–Trinajstić information content (AvgIpc) is 1.81. The van der Waals surface area contributed by atoms with Crippen molar-refractivity contribution in [1.82, 2.24) is 0 Å². The van der Waals surface area contributed by atoms with Gasteiger partial charge in [-0.15, -0.1) is 0 Å². The summed E-state index contributed by atoms with van der Waals surface area (Å²) in [5.41, 5.74) is 0. The Kier molecular flexibility index (Phi) is 6.09. The van der Waals surface area contributed by atoms with Gasteiger partial charge < -0.3 is 16.4 Å². The van der Waals surface area contributed by atoms with E-state index in [2.05, 4.69) is 13.5 Å². The maximum absolute atomic E-state index is 4.85. The van der Waals surface area contributed by atoms with Crippen LogP contribution in [0.4, 0.5) is 0 Å². The van der Waals surface area contributed by atoms with Crippen molar-refractivity contribution in [3.05, 3.63) is 19.8 Å². The Labute approximate surface area is 50.1 Å².